The molecule has 34 heavy (non-hydrogen) atoms. The molecule has 1 amide bonds. The van der Waals surface area contributed by atoms with Crippen LogP contribution in [0.15, 0.2) is 42.5 Å². The van der Waals surface area contributed by atoms with E-state index in [1.54, 1.807) is 43.3 Å². The maximum atomic E-state index is 13.4. The van der Waals surface area contributed by atoms with Crippen LogP contribution in [0, 0.1) is 6.92 Å². The third-order valence-corrected chi connectivity index (χ3v) is 6.15. The van der Waals surface area contributed by atoms with E-state index in [0.717, 1.165) is 31.1 Å². The molecule has 0 spiro atoms. The molecule has 1 fully saturated rings. The van der Waals surface area contributed by atoms with Crippen LogP contribution in [-0.4, -0.2) is 42.1 Å². The lowest BCUT2D eigenvalue weighted by atomic mass is 9.90. The Hall–Kier alpha value is -3.36. The predicted octanol–water partition coefficient (Wildman–Crippen LogP) is 5.18. The van der Waals surface area contributed by atoms with Gasteiger partial charge < -0.3 is 15.5 Å². The number of nitrogens with zero attached hydrogens (tertiary/aromatic N) is 3. The summed E-state index contributed by atoms with van der Waals surface area (Å²) in [4.78, 5) is 23.0. The molecule has 2 N–H and O–H groups in total. The molecule has 6 nitrogen and oxygen atoms in total. The van der Waals surface area contributed by atoms with E-state index >= 15 is 0 Å². The number of pyridine rings is 2. The van der Waals surface area contributed by atoms with Crippen LogP contribution < -0.4 is 15.5 Å². The second-order valence-electron chi connectivity index (χ2n) is 8.95. The standard InChI is InChI=1S/C25H28F3N5O/c1-15-18(11-12-23(29-15)33(2)3)24(34)31-17-8-6-7-16(13-17)30-21-14-22(25(26,27)28)32-20-10-5-4-9-19(20)21/h4-5,9-12,14,16-17H,6-8,13H2,1-3H3,(H,30,32)(H,31,34)/t16-,17+/m0/s1. The Morgan fingerprint density at radius 3 is 2.50 bits per heavy atom. The zero-order chi connectivity index (χ0) is 24.5. The summed E-state index contributed by atoms with van der Waals surface area (Å²) in [7, 11) is 3.78. The zero-order valence-electron chi connectivity index (χ0n) is 19.4. The Labute approximate surface area is 196 Å². The van der Waals surface area contributed by atoms with Gasteiger partial charge in [-0.25, -0.2) is 9.97 Å². The minimum absolute atomic E-state index is 0.0683. The quantitative estimate of drug-likeness (QED) is 0.537. The van der Waals surface area contributed by atoms with E-state index in [2.05, 4.69) is 20.6 Å². The van der Waals surface area contributed by atoms with Crippen molar-refractivity contribution in [3.8, 4) is 0 Å². The van der Waals surface area contributed by atoms with Gasteiger partial charge >= 0.3 is 6.18 Å². The van der Waals surface area contributed by atoms with Crippen molar-refractivity contribution in [2.45, 2.75) is 50.9 Å². The van der Waals surface area contributed by atoms with Crippen LogP contribution in [0.4, 0.5) is 24.7 Å². The van der Waals surface area contributed by atoms with Gasteiger partial charge in [0.15, 0.2) is 0 Å². The van der Waals surface area contributed by atoms with Crippen LogP contribution in [0.25, 0.3) is 10.9 Å². The van der Waals surface area contributed by atoms with Crippen molar-refractivity contribution in [3.63, 3.8) is 0 Å². The molecule has 180 valence electrons. The number of aromatic nitrogens is 2. The fraction of sp³-hybridized carbons (Fsp3) is 0.400. The fourth-order valence-corrected chi connectivity index (χ4v) is 4.41. The van der Waals surface area contributed by atoms with E-state index in [4.69, 9.17) is 0 Å². The summed E-state index contributed by atoms with van der Waals surface area (Å²) in [5.74, 6) is 0.591. The molecule has 1 saturated carbocycles. The number of anilines is 2. The summed E-state index contributed by atoms with van der Waals surface area (Å²) in [5, 5.41) is 7.03. The van der Waals surface area contributed by atoms with E-state index in [0.29, 0.717) is 34.3 Å². The fourth-order valence-electron chi connectivity index (χ4n) is 4.41. The lowest BCUT2D eigenvalue weighted by Crippen LogP contribution is -2.42. The molecule has 3 aromatic rings. The molecule has 2 atom stereocenters. The van der Waals surface area contributed by atoms with Gasteiger partial charge in [0.25, 0.3) is 5.91 Å². The highest BCUT2D eigenvalue weighted by molar-refractivity contribution is 5.95. The van der Waals surface area contributed by atoms with E-state index < -0.39 is 11.9 Å². The maximum Gasteiger partial charge on any atom is 0.433 e. The first-order valence-corrected chi connectivity index (χ1v) is 11.3. The molecule has 0 bridgehead atoms. The molecule has 0 saturated heterocycles. The molecule has 9 heteroatoms. The van der Waals surface area contributed by atoms with Crippen LogP contribution in [0.5, 0.6) is 0 Å². The third kappa shape index (κ3) is 5.24. The molecule has 0 radical (unpaired) electrons. The van der Waals surface area contributed by atoms with E-state index in [1.807, 2.05) is 19.0 Å². The van der Waals surface area contributed by atoms with E-state index in [-0.39, 0.29) is 18.0 Å². The maximum absolute atomic E-state index is 13.4. The molecular weight excluding hydrogens is 443 g/mol. The van der Waals surface area contributed by atoms with Crippen molar-refractivity contribution in [2.24, 2.45) is 0 Å². The van der Waals surface area contributed by atoms with E-state index in [9.17, 15) is 18.0 Å². The number of alkyl halides is 3. The highest BCUT2D eigenvalue weighted by Gasteiger charge is 2.34. The molecule has 1 aliphatic rings. The molecule has 1 aromatic carbocycles. The Balaban J connectivity index is 1.49. The second-order valence-corrected chi connectivity index (χ2v) is 8.95. The number of hydrogen-bond acceptors (Lipinski definition) is 5. The monoisotopic (exact) mass is 471 g/mol. The van der Waals surface area contributed by atoms with Gasteiger partial charge in [-0.05, 0) is 56.9 Å². The third-order valence-electron chi connectivity index (χ3n) is 6.15. The van der Waals surface area contributed by atoms with Crippen molar-refractivity contribution in [2.75, 3.05) is 24.3 Å². The van der Waals surface area contributed by atoms with Crippen molar-refractivity contribution >= 4 is 28.3 Å². The van der Waals surface area contributed by atoms with E-state index in [1.165, 1.54) is 0 Å². The number of nitrogens with one attached hydrogen (secondary N) is 2. The minimum atomic E-state index is -4.53. The first-order chi connectivity index (χ1) is 16.1. The Kier molecular flexibility index (Phi) is 6.63. The Bertz CT molecular complexity index is 1190. The van der Waals surface area contributed by atoms with Gasteiger partial charge in [-0.3, -0.25) is 4.79 Å². The number of amides is 1. The van der Waals surface area contributed by atoms with Gasteiger partial charge in [-0.15, -0.1) is 0 Å². The summed E-state index contributed by atoms with van der Waals surface area (Å²) in [6, 6.07) is 11.3. The first-order valence-electron chi connectivity index (χ1n) is 11.3. The summed E-state index contributed by atoms with van der Waals surface area (Å²) in [6.07, 6.45) is -1.43. The first kappa shape index (κ1) is 23.8. The van der Waals surface area contributed by atoms with Crippen LogP contribution in [0.2, 0.25) is 0 Å². The number of fused-ring (bicyclic) bond motifs is 1. The van der Waals surface area contributed by atoms with Crippen molar-refractivity contribution in [3.05, 3.63) is 59.4 Å². The molecule has 2 heterocycles. The Morgan fingerprint density at radius 1 is 1.06 bits per heavy atom. The number of rotatable bonds is 5. The highest BCUT2D eigenvalue weighted by Crippen LogP contribution is 2.34. The van der Waals surface area contributed by atoms with Crippen LogP contribution in [0.1, 0.15) is 47.4 Å². The second kappa shape index (κ2) is 9.48. The van der Waals surface area contributed by atoms with Crippen LogP contribution >= 0.6 is 0 Å². The molecule has 4 rings (SSSR count). The largest absolute Gasteiger partial charge is 0.433 e. The number of para-hydroxylation sites is 1. The number of hydrogen-bond donors (Lipinski definition) is 2. The van der Waals surface area contributed by atoms with Crippen molar-refractivity contribution in [1.82, 2.24) is 15.3 Å². The molecule has 0 aliphatic heterocycles. The van der Waals surface area contributed by atoms with Gasteiger partial charge in [0.2, 0.25) is 0 Å². The summed E-state index contributed by atoms with van der Waals surface area (Å²) in [5.41, 5.74) is 0.963. The molecule has 1 aliphatic carbocycles. The van der Waals surface area contributed by atoms with Crippen LogP contribution in [0.3, 0.4) is 0 Å². The van der Waals surface area contributed by atoms with Gasteiger partial charge in [0, 0.05) is 37.3 Å². The predicted molar refractivity (Wildman–Crippen MR) is 127 cm³/mol. The Morgan fingerprint density at radius 2 is 1.79 bits per heavy atom. The number of halogens is 3. The SMILES string of the molecule is Cc1nc(N(C)C)ccc1C(=O)N[C@@H]1CCC[C@H](Nc2cc(C(F)(F)F)nc3ccccc23)C1. The molecule has 2 aromatic heterocycles. The number of carbonyl (C=O) groups is 1. The number of carbonyl (C=O) groups excluding carboxylic acids is 1. The van der Waals surface area contributed by atoms with Gasteiger partial charge in [0.1, 0.15) is 11.5 Å². The normalized spacial score (nSPS) is 18.5. The van der Waals surface area contributed by atoms with Gasteiger partial charge in [-0.1, -0.05) is 18.2 Å². The molecule has 0 unspecified atom stereocenters. The zero-order valence-corrected chi connectivity index (χ0v) is 19.4. The average Bonchev–Trinajstić information content (AvgIpc) is 2.78. The summed E-state index contributed by atoms with van der Waals surface area (Å²) in [6.45, 7) is 1.81. The molecular formula is C25H28F3N5O. The summed E-state index contributed by atoms with van der Waals surface area (Å²) < 4.78 is 40.2. The lowest BCUT2D eigenvalue weighted by molar-refractivity contribution is -0.140. The lowest BCUT2D eigenvalue weighted by Gasteiger charge is -2.31. The van der Waals surface area contributed by atoms with Crippen molar-refractivity contribution in [1.29, 1.82) is 0 Å². The van der Waals surface area contributed by atoms with Gasteiger partial charge in [0.05, 0.1) is 16.8 Å². The van der Waals surface area contributed by atoms with Crippen LogP contribution in [-0.2, 0) is 6.18 Å². The van der Waals surface area contributed by atoms with Crippen molar-refractivity contribution < 1.29 is 18.0 Å². The topological polar surface area (TPSA) is 70.2 Å². The van der Waals surface area contributed by atoms with Gasteiger partial charge in [-0.2, -0.15) is 13.2 Å². The smallest absolute Gasteiger partial charge is 0.382 e. The minimum Gasteiger partial charge on any atom is -0.382 e. The number of benzene rings is 1. The average molecular weight is 472 g/mol. The highest BCUT2D eigenvalue weighted by atomic mass is 19.4. The number of aryl methyl sites for hydroxylation is 1. The summed E-state index contributed by atoms with van der Waals surface area (Å²) >= 11 is 0.